The van der Waals surface area contributed by atoms with Crippen LogP contribution in [0.25, 0.3) is 0 Å². The molecule has 2 aliphatic rings. The van der Waals surface area contributed by atoms with Crippen LogP contribution < -0.4 is 0 Å². The van der Waals surface area contributed by atoms with Crippen LogP contribution in [0.5, 0.6) is 0 Å². The lowest BCUT2D eigenvalue weighted by atomic mass is 9.75. The minimum atomic E-state index is 0.497. The Hall–Kier alpha value is -0.820. The van der Waals surface area contributed by atoms with E-state index in [9.17, 15) is 0 Å². The molecule has 15 heavy (non-hydrogen) atoms. The number of piperidine rings is 1. The van der Waals surface area contributed by atoms with Gasteiger partial charge in [-0.25, -0.2) is 0 Å². The Balaban J connectivity index is 2.09. The zero-order chi connectivity index (χ0) is 10.5. The molecule has 0 spiro atoms. The first-order valence-corrected chi connectivity index (χ1v) is 5.99. The minimum absolute atomic E-state index is 0.497. The smallest absolute Gasteiger partial charge is 0.0404 e. The molecule has 1 heteroatoms. The largest absolute Gasteiger partial charge is 0.299 e. The van der Waals surface area contributed by atoms with Crippen molar-refractivity contribution in [3.63, 3.8) is 0 Å². The van der Waals surface area contributed by atoms with Gasteiger partial charge in [-0.15, -0.1) is 0 Å². The summed E-state index contributed by atoms with van der Waals surface area (Å²) < 4.78 is 0. The van der Waals surface area contributed by atoms with Gasteiger partial charge >= 0.3 is 0 Å². The van der Waals surface area contributed by atoms with Crippen molar-refractivity contribution in [3.8, 4) is 0 Å². The number of likely N-dealkylation sites (tertiary alicyclic amines) is 1. The second-order valence-corrected chi connectivity index (χ2v) is 5.52. The summed E-state index contributed by atoms with van der Waals surface area (Å²) in [6, 6.07) is 9.68. The third-order valence-corrected chi connectivity index (χ3v) is 4.30. The Kier molecular flexibility index (Phi) is 1.93. The van der Waals surface area contributed by atoms with Crippen molar-refractivity contribution in [1.29, 1.82) is 0 Å². The normalized spacial score (nSPS) is 34.9. The van der Waals surface area contributed by atoms with Crippen molar-refractivity contribution < 1.29 is 0 Å². The molecule has 0 bridgehead atoms. The van der Waals surface area contributed by atoms with E-state index >= 15 is 0 Å². The van der Waals surface area contributed by atoms with Crippen LogP contribution in [0.15, 0.2) is 24.3 Å². The molecule has 0 radical (unpaired) electrons. The zero-order valence-electron chi connectivity index (χ0n) is 9.66. The lowest BCUT2D eigenvalue weighted by molar-refractivity contribution is 0.0590. The zero-order valence-corrected chi connectivity index (χ0v) is 9.66. The molecule has 1 nitrogen and oxygen atoms in total. The summed E-state index contributed by atoms with van der Waals surface area (Å²) in [6.07, 6.45) is 4.02. The molecule has 1 saturated heterocycles. The summed E-state index contributed by atoms with van der Waals surface area (Å²) in [6.45, 7) is 3.72. The van der Waals surface area contributed by atoms with E-state index in [4.69, 9.17) is 0 Å². The van der Waals surface area contributed by atoms with E-state index in [1.807, 2.05) is 0 Å². The van der Waals surface area contributed by atoms with Gasteiger partial charge in [0.25, 0.3) is 0 Å². The molecule has 0 amide bonds. The average Bonchev–Trinajstić information content (AvgIpc) is 2.50. The maximum Gasteiger partial charge on any atom is 0.0404 e. The first-order valence-electron chi connectivity index (χ1n) is 5.99. The van der Waals surface area contributed by atoms with Crippen molar-refractivity contribution in [2.24, 2.45) is 5.41 Å². The van der Waals surface area contributed by atoms with Gasteiger partial charge in [0.1, 0.15) is 0 Å². The lowest BCUT2D eigenvalue weighted by Crippen LogP contribution is -2.40. The van der Waals surface area contributed by atoms with Gasteiger partial charge in [-0.1, -0.05) is 31.2 Å². The maximum atomic E-state index is 2.55. The number of hydrogen-bond donors (Lipinski definition) is 0. The Morgan fingerprint density at radius 2 is 2.13 bits per heavy atom. The summed E-state index contributed by atoms with van der Waals surface area (Å²) in [7, 11) is 2.28. The third kappa shape index (κ3) is 1.26. The molecular weight excluding hydrogens is 182 g/mol. The van der Waals surface area contributed by atoms with E-state index in [1.165, 1.54) is 25.8 Å². The molecule has 2 unspecified atom stereocenters. The van der Waals surface area contributed by atoms with E-state index in [-0.39, 0.29) is 0 Å². The highest BCUT2D eigenvalue weighted by atomic mass is 15.2. The van der Waals surface area contributed by atoms with E-state index in [2.05, 4.69) is 43.1 Å². The summed E-state index contributed by atoms with van der Waals surface area (Å²) in [5.74, 6) is 0. The molecule has 3 rings (SSSR count). The van der Waals surface area contributed by atoms with Gasteiger partial charge in [-0.2, -0.15) is 0 Å². The third-order valence-electron chi connectivity index (χ3n) is 4.30. The number of fused-ring (bicyclic) bond motifs is 3. The van der Waals surface area contributed by atoms with Crippen LogP contribution in [-0.2, 0) is 6.42 Å². The van der Waals surface area contributed by atoms with Crippen LogP contribution in [0, 0.1) is 5.41 Å². The predicted octanol–water partition coefficient (Wildman–Crippen LogP) is 3.02. The second-order valence-electron chi connectivity index (χ2n) is 5.52. The Bertz CT molecular complexity index is 385. The summed E-state index contributed by atoms with van der Waals surface area (Å²) in [4.78, 5) is 2.55. The van der Waals surface area contributed by atoms with E-state index < -0.39 is 0 Å². The van der Waals surface area contributed by atoms with Crippen LogP contribution in [-0.4, -0.2) is 18.5 Å². The van der Waals surface area contributed by atoms with Crippen LogP contribution in [0.4, 0.5) is 0 Å². The Morgan fingerprint density at radius 1 is 1.33 bits per heavy atom. The number of hydrogen-bond acceptors (Lipinski definition) is 1. The van der Waals surface area contributed by atoms with Crippen molar-refractivity contribution in [3.05, 3.63) is 35.4 Å². The Labute approximate surface area is 92.1 Å². The van der Waals surface area contributed by atoms with E-state index in [1.54, 1.807) is 11.1 Å². The summed E-state index contributed by atoms with van der Waals surface area (Å²) >= 11 is 0. The van der Waals surface area contributed by atoms with Crippen molar-refractivity contribution in [1.82, 2.24) is 4.90 Å². The van der Waals surface area contributed by atoms with Gasteiger partial charge in [0.2, 0.25) is 0 Å². The molecule has 0 aromatic heterocycles. The molecule has 0 N–H and O–H groups in total. The number of nitrogens with zero attached hydrogens (tertiary/aromatic N) is 1. The minimum Gasteiger partial charge on any atom is -0.299 e. The van der Waals surface area contributed by atoms with Gasteiger partial charge < -0.3 is 0 Å². The predicted molar refractivity (Wildman–Crippen MR) is 62.9 cm³/mol. The quantitative estimate of drug-likeness (QED) is 0.623. The Morgan fingerprint density at radius 3 is 3.00 bits per heavy atom. The van der Waals surface area contributed by atoms with Gasteiger partial charge in [-0.05, 0) is 49.4 Å². The number of rotatable bonds is 0. The highest BCUT2D eigenvalue weighted by Crippen LogP contribution is 2.53. The maximum absolute atomic E-state index is 2.55. The van der Waals surface area contributed by atoms with Crippen LogP contribution >= 0.6 is 0 Å². The molecule has 80 valence electrons. The molecule has 2 atom stereocenters. The molecule has 1 aliphatic carbocycles. The lowest BCUT2D eigenvalue weighted by Gasteiger charge is -2.43. The topological polar surface area (TPSA) is 3.24 Å². The average molecular weight is 201 g/mol. The number of benzene rings is 1. The summed E-state index contributed by atoms with van der Waals surface area (Å²) in [5.41, 5.74) is 3.66. The van der Waals surface area contributed by atoms with Crippen molar-refractivity contribution >= 4 is 0 Å². The fraction of sp³-hybridized carbons (Fsp3) is 0.571. The molecule has 1 heterocycles. The van der Waals surface area contributed by atoms with Crippen LogP contribution in [0.3, 0.4) is 0 Å². The molecule has 1 aromatic carbocycles. The molecule has 1 fully saturated rings. The second kappa shape index (κ2) is 3.08. The van der Waals surface area contributed by atoms with Crippen LogP contribution in [0.1, 0.15) is 36.9 Å². The van der Waals surface area contributed by atoms with Crippen LogP contribution in [0.2, 0.25) is 0 Å². The molecule has 1 aromatic rings. The van der Waals surface area contributed by atoms with E-state index in [0.29, 0.717) is 11.5 Å². The fourth-order valence-corrected chi connectivity index (χ4v) is 3.73. The first kappa shape index (κ1) is 9.41. The highest BCUT2D eigenvalue weighted by Gasteiger charge is 2.45. The van der Waals surface area contributed by atoms with Gasteiger partial charge in [0, 0.05) is 6.04 Å². The molecular formula is C14H19N. The van der Waals surface area contributed by atoms with Gasteiger partial charge in [-0.3, -0.25) is 4.90 Å². The van der Waals surface area contributed by atoms with Crippen molar-refractivity contribution in [2.45, 2.75) is 32.2 Å². The standard InChI is InChI=1S/C14H19N/c1-14-8-5-9-15(2)13(14)12-7-4-3-6-11(12)10-14/h3-4,6-7,13H,5,8-10H2,1-2H3. The van der Waals surface area contributed by atoms with Gasteiger partial charge in [0.15, 0.2) is 0 Å². The molecule has 1 aliphatic heterocycles. The van der Waals surface area contributed by atoms with Crippen molar-refractivity contribution in [2.75, 3.05) is 13.6 Å². The fourth-order valence-electron chi connectivity index (χ4n) is 3.73. The highest BCUT2D eigenvalue weighted by molar-refractivity contribution is 5.38. The SMILES string of the molecule is CN1CCCC2(C)Cc3ccccc3C12. The van der Waals surface area contributed by atoms with E-state index in [0.717, 1.165) is 0 Å². The first-order chi connectivity index (χ1) is 7.21. The summed E-state index contributed by atoms with van der Waals surface area (Å²) in [5, 5.41) is 0. The van der Waals surface area contributed by atoms with Gasteiger partial charge in [0.05, 0.1) is 0 Å². The monoisotopic (exact) mass is 201 g/mol. The molecule has 0 saturated carbocycles.